The first-order valence-corrected chi connectivity index (χ1v) is 26.7. The molecular weight excluding hydrogens is 827 g/mol. The van der Waals surface area contributed by atoms with Gasteiger partial charge in [-0.15, -0.1) is 0 Å². The largest absolute Gasteiger partial charge is 0.457 e. The van der Waals surface area contributed by atoms with Crippen LogP contribution in [0.25, 0.3) is 11.1 Å². The van der Waals surface area contributed by atoms with Crippen LogP contribution in [-0.4, -0.2) is 86.7 Å². The number of rotatable bonds is 16. The van der Waals surface area contributed by atoms with E-state index in [1.54, 1.807) is 25.7 Å². The molecule has 0 saturated carbocycles. The van der Waals surface area contributed by atoms with Crippen molar-refractivity contribution in [2.24, 2.45) is 11.3 Å². The van der Waals surface area contributed by atoms with Crippen LogP contribution < -0.4 is 15.4 Å². The van der Waals surface area contributed by atoms with E-state index in [0.29, 0.717) is 13.0 Å². The second-order valence-corrected chi connectivity index (χ2v) is 20.6. The maximum Gasteiger partial charge on any atom is 0.409 e. The van der Waals surface area contributed by atoms with Gasteiger partial charge in [0, 0.05) is 47.5 Å². The lowest BCUT2D eigenvalue weighted by Gasteiger charge is -2.42. The zero-order valence-electron chi connectivity index (χ0n) is 38.0. The van der Waals surface area contributed by atoms with Crippen LogP contribution in [0.3, 0.4) is 0 Å². The van der Waals surface area contributed by atoms with Gasteiger partial charge < -0.3 is 38.6 Å². The minimum atomic E-state index is -0.722. The van der Waals surface area contributed by atoms with Crippen LogP contribution in [-0.2, 0) is 28.5 Å². The van der Waals surface area contributed by atoms with Gasteiger partial charge in [-0.2, -0.15) is 0 Å². The molecule has 3 aliphatic rings. The van der Waals surface area contributed by atoms with Gasteiger partial charge in [0.1, 0.15) is 30.0 Å². The number of ether oxygens (including phenoxy) is 3. The summed E-state index contributed by atoms with van der Waals surface area (Å²) in [5.41, 5.74) is 5.10. The van der Waals surface area contributed by atoms with Crippen LogP contribution in [0.1, 0.15) is 94.9 Å². The van der Waals surface area contributed by atoms with Crippen molar-refractivity contribution in [3.05, 3.63) is 119 Å². The minimum absolute atomic E-state index is 0.118. The maximum absolute atomic E-state index is 14.7. The Morgan fingerprint density at radius 2 is 1.37 bits per heavy atom. The standard InChI is InChI=1S/C50H65N3O8Si2/c1-48(2,3)59-46(55)52-34-28-33(29-53(30-34)47(56)57-31-39-37-20-10-8-18-35(37)36-19-9-11-21-38(36)39)44(54)51-32-50(27-17-16-26-49(4,5)45(60-62-6)61-63-7)40-22-12-14-24-42(40)58-43-25-15-13-23-41(43)50/h8-15,18-25,33-34,39,45H,16-17,26-32,62-63H2,1-7H3,(H,51,54)(H,52,55)/t33-,34+/m0/s1. The Morgan fingerprint density at radius 1 is 0.794 bits per heavy atom. The monoisotopic (exact) mass is 891 g/mol. The third-order valence-electron chi connectivity index (χ3n) is 12.7. The Hall–Kier alpha value is -4.96. The van der Waals surface area contributed by atoms with Crippen molar-refractivity contribution in [3.63, 3.8) is 0 Å². The van der Waals surface area contributed by atoms with Gasteiger partial charge in [-0.05, 0) is 74.4 Å². The number of nitrogens with zero attached hydrogens (tertiary/aromatic N) is 1. The summed E-state index contributed by atoms with van der Waals surface area (Å²) in [6, 6.07) is 32.1. The van der Waals surface area contributed by atoms with Gasteiger partial charge in [0.05, 0.1) is 12.0 Å². The SMILES string of the molecule is C[SiH2]OC(O[SiH2]C)C(C)(C)CCCCC1(CNC(=O)[C@H]2C[C@@H](NC(=O)OC(C)(C)C)CN(C(=O)OCC3c4ccccc4-c4ccccc43)C2)c2ccccc2Oc2ccccc21. The lowest BCUT2D eigenvalue weighted by Crippen LogP contribution is -2.56. The molecule has 0 radical (unpaired) electrons. The topological polar surface area (TPSA) is 125 Å². The van der Waals surface area contributed by atoms with Crippen LogP contribution in [0.5, 0.6) is 11.5 Å². The third-order valence-corrected chi connectivity index (χ3v) is 13.9. The Morgan fingerprint density at radius 3 is 1.95 bits per heavy atom. The molecule has 1 aliphatic carbocycles. The average molecular weight is 892 g/mol. The first-order chi connectivity index (χ1) is 30.2. The summed E-state index contributed by atoms with van der Waals surface area (Å²) in [5.74, 6) is 0.591. The first-order valence-electron chi connectivity index (χ1n) is 22.7. The number of carbonyl (C=O) groups is 3. The van der Waals surface area contributed by atoms with Crippen LogP contribution in [0, 0.1) is 11.3 Å². The number of hydrogen-bond acceptors (Lipinski definition) is 8. The van der Waals surface area contributed by atoms with E-state index in [-0.39, 0.29) is 43.2 Å². The number of nitrogens with one attached hydrogen (secondary N) is 2. The number of hydrogen-bond donors (Lipinski definition) is 2. The molecule has 1 fully saturated rings. The molecule has 0 unspecified atom stereocenters. The number of benzene rings is 4. The summed E-state index contributed by atoms with van der Waals surface area (Å²) in [5, 5.41) is 6.33. The lowest BCUT2D eigenvalue weighted by atomic mass is 9.68. The van der Waals surface area contributed by atoms with Crippen LogP contribution in [0.4, 0.5) is 9.59 Å². The summed E-state index contributed by atoms with van der Waals surface area (Å²) < 4.78 is 30.6. The van der Waals surface area contributed by atoms with E-state index >= 15 is 0 Å². The molecule has 7 rings (SSSR count). The molecule has 2 heterocycles. The predicted octanol–water partition coefficient (Wildman–Crippen LogP) is 8.57. The number of carbonyl (C=O) groups excluding carboxylic acids is 3. The highest BCUT2D eigenvalue weighted by Gasteiger charge is 2.44. The fraction of sp³-hybridized carbons (Fsp3) is 0.460. The molecule has 0 bridgehead atoms. The fourth-order valence-electron chi connectivity index (χ4n) is 9.73. The van der Waals surface area contributed by atoms with Crippen molar-refractivity contribution >= 4 is 37.6 Å². The van der Waals surface area contributed by atoms with Gasteiger partial charge in [0.2, 0.25) is 5.91 Å². The van der Waals surface area contributed by atoms with Crippen LogP contribution >= 0.6 is 0 Å². The van der Waals surface area contributed by atoms with E-state index < -0.39 is 54.7 Å². The van der Waals surface area contributed by atoms with E-state index in [2.05, 4.69) is 74.0 Å². The third kappa shape index (κ3) is 10.5. The van der Waals surface area contributed by atoms with E-state index in [1.165, 1.54) is 0 Å². The lowest BCUT2D eigenvalue weighted by molar-refractivity contribution is -0.127. The quantitative estimate of drug-likeness (QED) is 0.0652. The zero-order chi connectivity index (χ0) is 44.8. The second kappa shape index (κ2) is 19.8. The minimum Gasteiger partial charge on any atom is -0.457 e. The molecule has 2 atom stereocenters. The van der Waals surface area contributed by atoms with E-state index in [1.807, 2.05) is 60.7 Å². The van der Waals surface area contributed by atoms with E-state index in [9.17, 15) is 14.4 Å². The zero-order valence-corrected chi connectivity index (χ0v) is 40.9. The number of amides is 3. The molecule has 3 amide bonds. The molecule has 4 aromatic rings. The Bertz CT molecular complexity index is 2150. The summed E-state index contributed by atoms with van der Waals surface area (Å²) in [6.07, 6.45) is 2.55. The molecule has 336 valence electrons. The van der Waals surface area contributed by atoms with Crippen molar-refractivity contribution in [3.8, 4) is 22.6 Å². The maximum atomic E-state index is 14.7. The molecule has 13 heteroatoms. The fourth-order valence-corrected chi connectivity index (χ4v) is 11.6. The number of para-hydroxylation sites is 2. The van der Waals surface area contributed by atoms with Crippen LogP contribution in [0.2, 0.25) is 13.1 Å². The van der Waals surface area contributed by atoms with Crippen molar-refractivity contribution < 1.29 is 37.4 Å². The summed E-state index contributed by atoms with van der Waals surface area (Å²) in [6.45, 7) is 14.9. The number of fused-ring (bicyclic) bond motifs is 5. The molecule has 63 heavy (non-hydrogen) atoms. The Balaban J connectivity index is 1.11. The summed E-state index contributed by atoms with van der Waals surface area (Å²) >= 11 is 0. The summed E-state index contributed by atoms with van der Waals surface area (Å²) in [4.78, 5) is 43.4. The first kappa shape index (κ1) is 46.0. The van der Waals surface area contributed by atoms with Gasteiger partial charge in [-0.1, -0.05) is 125 Å². The molecule has 1 saturated heterocycles. The van der Waals surface area contributed by atoms with Crippen LogP contribution in [0.15, 0.2) is 97.1 Å². The highest BCUT2D eigenvalue weighted by atomic mass is 28.2. The van der Waals surface area contributed by atoms with E-state index in [4.69, 9.17) is 23.1 Å². The van der Waals surface area contributed by atoms with Crippen molar-refractivity contribution in [1.29, 1.82) is 0 Å². The number of unbranched alkanes of at least 4 members (excludes halogenated alkanes) is 1. The molecular formula is C50H65N3O8Si2. The normalized spacial score (nSPS) is 18.6. The highest BCUT2D eigenvalue weighted by molar-refractivity contribution is 6.26. The molecule has 0 aromatic heterocycles. The van der Waals surface area contributed by atoms with Gasteiger partial charge >= 0.3 is 12.2 Å². The molecule has 4 aromatic carbocycles. The van der Waals surface area contributed by atoms with Crippen molar-refractivity contribution in [1.82, 2.24) is 15.5 Å². The van der Waals surface area contributed by atoms with Crippen molar-refractivity contribution in [2.75, 3.05) is 26.2 Å². The van der Waals surface area contributed by atoms with Gasteiger partial charge in [-0.25, -0.2) is 9.59 Å². The predicted molar refractivity (Wildman–Crippen MR) is 252 cm³/mol. The summed E-state index contributed by atoms with van der Waals surface area (Å²) in [7, 11) is -1.28. The van der Waals surface area contributed by atoms with E-state index in [0.717, 1.165) is 70.6 Å². The molecule has 0 spiro atoms. The number of likely N-dealkylation sites (tertiary alicyclic amines) is 1. The number of alkyl carbamates (subject to hydrolysis) is 1. The molecule has 11 nitrogen and oxygen atoms in total. The molecule has 2 N–H and O–H groups in total. The number of piperidine rings is 1. The van der Waals surface area contributed by atoms with Gasteiger partial charge in [0.25, 0.3) is 0 Å². The van der Waals surface area contributed by atoms with Crippen molar-refractivity contribution in [2.45, 2.75) is 109 Å². The Labute approximate surface area is 377 Å². The smallest absolute Gasteiger partial charge is 0.409 e. The average Bonchev–Trinajstić information content (AvgIpc) is 3.58. The molecule has 2 aliphatic heterocycles. The van der Waals surface area contributed by atoms with Gasteiger partial charge in [-0.3, -0.25) is 4.79 Å². The van der Waals surface area contributed by atoms with Gasteiger partial charge in [0.15, 0.2) is 19.5 Å². The second-order valence-electron chi connectivity index (χ2n) is 18.8. The Kier molecular flexibility index (Phi) is 14.5. The highest BCUT2D eigenvalue weighted by Crippen LogP contribution is 2.51.